The Labute approximate surface area is 135 Å². The van der Waals surface area contributed by atoms with Gasteiger partial charge >= 0.3 is 13.1 Å². The van der Waals surface area contributed by atoms with Crippen LogP contribution in [0.3, 0.4) is 0 Å². The maximum atomic E-state index is 11.4. The number of carbonyl (C=O) groups is 1. The summed E-state index contributed by atoms with van der Waals surface area (Å²) in [4.78, 5) is 15.4. The molecule has 3 rings (SSSR count). The first kappa shape index (κ1) is 15.5. The zero-order valence-corrected chi connectivity index (χ0v) is 12.8. The molecule has 0 fully saturated rings. The number of nitrogens with zero attached hydrogens (tertiary/aromatic N) is 2. The van der Waals surface area contributed by atoms with Crippen LogP contribution in [-0.4, -0.2) is 50.7 Å². The molecule has 23 heavy (non-hydrogen) atoms. The summed E-state index contributed by atoms with van der Waals surface area (Å²) >= 11 is 1.19. The van der Waals surface area contributed by atoms with Crippen molar-refractivity contribution in [2.45, 2.75) is 16.7 Å². The minimum absolute atomic E-state index is 0.102. The smallest absolute Gasteiger partial charge is 0.534 e. The molecule has 1 aromatic heterocycles. The number of hydrogen-bond donors (Lipinski definition) is 4. The fourth-order valence-electron chi connectivity index (χ4n) is 2.34. The Bertz CT molecular complexity index is 755. The number of carboxylic acids is 1. The molecular formula is C12H13BN4O5S. The van der Waals surface area contributed by atoms with Gasteiger partial charge in [0.2, 0.25) is 11.1 Å². The first-order valence-electron chi connectivity index (χ1n) is 6.62. The third-order valence-corrected chi connectivity index (χ3v) is 4.45. The zero-order valence-electron chi connectivity index (χ0n) is 12.0. The van der Waals surface area contributed by atoms with Crippen LogP contribution in [0, 0.1) is 0 Å². The quantitative estimate of drug-likeness (QED) is 0.576. The van der Waals surface area contributed by atoms with Crippen molar-refractivity contribution in [2.75, 3.05) is 12.8 Å². The predicted octanol–water partition coefficient (Wildman–Crippen LogP) is 0.209. The second kappa shape index (κ2) is 6.01. The number of nitrogens with one attached hydrogen (secondary N) is 1. The molecular weight excluding hydrogens is 323 g/mol. The molecule has 1 aliphatic rings. The molecule has 1 aromatic carbocycles. The van der Waals surface area contributed by atoms with E-state index >= 15 is 0 Å². The van der Waals surface area contributed by atoms with Crippen molar-refractivity contribution in [2.24, 2.45) is 0 Å². The number of fused-ring (bicyclic) bond motifs is 1. The van der Waals surface area contributed by atoms with Gasteiger partial charge in [-0.25, -0.2) is 9.89 Å². The first-order chi connectivity index (χ1) is 11.0. The second-order valence-corrected chi connectivity index (χ2v) is 6.01. The third kappa shape index (κ3) is 2.92. The van der Waals surface area contributed by atoms with Crippen molar-refractivity contribution in [3.05, 3.63) is 23.3 Å². The zero-order chi connectivity index (χ0) is 16.6. The van der Waals surface area contributed by atoms with Gasteiger partial charge in [0, 0.05) is 0 Å². The van der Waals surface area contributed by atoms with Gasteiger partial charge in [0.05, 0.1) is 12.3 Å². The highest BCUT2D eigenvalue weighted by molar-refractivity contribution is 8.01. The maximum absolute atomic E-state index is 11.4. The van der Waals surface area contributed by atoms with Gasteiger partial charge in [0.15, 0.2) is 0 Å². The highest BCUT2D eigenvalue weighted by Crippen LogP contribution is 2.39. The molecule has 0 bridgehead atoms. The van der Waals surface area contributed by atoms with E-state index in [-0.39, 0.29) is 23.0 Å². The number of anilines is 1. The number of ether oxygens (including phenoxy) is 1. The summed E-state index contributed by atoms with van der Waals surface area (Å²) in [5, 5.41) is 25.9. The number of aromatic nitrogens is 3. The van der Waals surface area contributed by atoms with Crippen molar-refractivity contribution in [1.82, 2.24) is 15.2 Å². The molecule has 2 heterocycles. The first-order valence-corrected chi connectivity index (χ1v) is 7.50. The average Bonchev–Trinajstić information content (AvgIpc) is 2.92. The van der Waals surface area contributed by atoms with Gasteiger partial charge in [0.1, 0.15) is 17.1 Å². The predicted molar refractivity (Wildman–Crippen MR) is 82.7 cm³/mol. The largest absolute Gasteiger partial charge is 0.537 e. The lowest BCUT2D eigenvalue weighted by Gasteiger charge is -2.27. The summed E-state index contributed by atoms with van der Waals surface area (Å²) < 4.78 is 10.5. The van der Waals surface area contributed by atoms with Crippen LogP contribution in [0.2, 0.25) is 0 Å². The van der Waals surface area contributed by atoms with E-state index in [1.165, 1.54) is 18.9 Å². The average molecular weight is 336 g/mol. The van der Waals surface area contributed by atoms with Gasteiger partial charge in [-0.3, -0.25) is 0 Å². The van der Waals surface area contributed by atoms with E-state index in [2.05, 4.69) is 15.2 Å². The van der Waals surface area contributed by atoms with Gasteiger partial charge < -0.3 is 25.3 Å². The molecule has 1 aliphatic heterocycles. The lowest BCUT2D eigenvalue weighted by atomic mass is 9.77. The topological polar surface area (TPSA) is 144 Å². The molecule has 9 nitrogen and oxygen atoms in total. The number of nitrogen functional groups attached to an aromatic ring is 1. The molecule has 1 atom stereocenters. The number of hydrogen-bond acceptors (Lipinski definition) is 8. The Morgan fingerprint density at radius 2 is 2.39 bits per heavy atom. The van der Waals surface area contributed by atoms with Gasteiger partial charge in [-0.1, -0.05) is 17.8 Å². The molecule has 0 amide bonds. The number of aromatic carboxylic acids is 1. The molecule has 0 aliphatic carbocycles. The summed E-state index contributed by atoms with van der Waals surface area (Å²) in [5.74, 6) is -0.706. The lowest BCUT2D eigenvalue weighted by molar-refractivity contribution is 0.0690. The minimum atomic E-state index is -1.21. The standard InChI is InChI=1S/C12H13BN4O5S/c1-21-6-3-2-5-4-7(23-12-15-11(14)16-17-12)13(20)22-9(5)8(6)10(18)19/h2-3,7,20H,4H2,1H3,(H,18,19)(H3,14,15,16,17)/t7-/m0/s1. The monoisotopic (exact) mass is 336 g/mol. The molecule has 0 saturated carbocycles. The van der Waals surface area contributed by atoms with Crippen LogP contribution in [0.1, 0.15) is 15.9 Å². The van der Waals surface area contributed by atoms with E-state index in [1.807, 2.05) is 0 Å². The Hall–Kier alpha value is -2.40. The molecule has 5 N–H and O–H groups in total. The van der Waals surface area contributed by atoms with Crippen molar-refractivity contribution in [3.8, 4) is 11.5 Å². The van der Waals surface area contributed by atoms with Crippen LogP contribution >= 0.6 is 11.8 Å². The van der Waals surface area contributed by atoms with Gasteiger partial charge in [-0.05, 0) is 18.1 Å². The van der Waals surface area contributed by atoms with Crippen LogP contribution in [0.15, 0.2) is 17.3 Å². The van der Waals surface area contributed by atoms with E-state index in [9.17, 15) is 14.9 Å². The highest BCUT2D eigenvalue weighted by Gasteiger charge is 2.39. The van der Waals surface area contributed by atoms with Crippen molar-refractivity contribution in [1.29, 1.82) is 0 Å². The fourth-order valence-corrected chi connectivity index (χ4v) is 3.29. The number of carboxylic acid groups (broad SMARTS) is 1. The fraction of sp³-hybridized carbons (Fsp3) is 0.250. The van der Waals surface area contributed by atoms with Crippen molar-refractivity contribution in [3.63, 3.8) is 0 Å². The lowest BCUT2D eigenvalue weighted by Crippen LogP contribution is -2.41. The molecule has 0 radical (unpaired) electrons. The molecule has 120 valence electrons. The van der Waals surface area contributed by atoms with Gasteiger partial charge in [0.25, 0.3) is 0 Å². The molecule has 11 heteroatoms. The van der Waals surface area contributed by atoms with E-state index in [1.54, 1.807) is 12.1 Å². The number of aromatic amines is 1. The number of thioether (sulfide) groups is 1. The van der Waals surface area contributed by atoms with Crippen LogP contribution in [0.5, 0.6) is 11.5 Å². The van der Waals surface area contributed by atoms with Gasteiger partial charge in [-0.15, -0.1) is 5.10 Å². The van der Waals surface area contributed by atoms with Crippen LogP contribution in [0.4, 0.5) is 5.95 Å². The van der Waals surface area contributed by atoms with Crippen LogP contribution in [-0.2, 0) is 6.42 Å². The highest BCUT2D eigenvalue weighted by atomic mass is 32.2. The van der Waals surface area contributed by atoms with Gasteiger partial charge in [-0.2, -0.15) is 4.98 Å². The van der Waals surface area contributed by atoms with E-state index < -0.39 is 18.2 Å². The van der Waals surface area contributed by atoms with Crippen LogP contribution in [0.25, 0.3) is 0 Å². The van der Waals surface area contributed by atoms with Crippen molar-refractivity contribution < 1.29 is 24.3 Å². The number of benzene rings is 1. The Balaban J connectivity index is 1.91. The van der Waals surface area contributed by atoms with Crippen LogP contribution < -0.4 is 15.1 Å². The SMILES string of the molecule is COc1ccc2c(c1C(=O)O)OB(O)[C@@H](Sc1n[nH]c(N)n1)C2. The normalized spacial score (nSPS) is 16.6. The number of nitrogens with two attached hydrogens (primary N) is 1. The number of rotatable bonds is 4. The van der Waals surface area contributed by atoms with E-state index in [4.69, 9.17) is 15.1 Å². The van der Waals surface area contributed by atoms with E-state index in [0.29, 0.717) is 17.1 Å². The molecule has 2 aromatic rings. The number of methoxy groups -OCH3 is 1. The Morgan fingerprint density at radius 1 is 1.61 bits per heavy atom. The summed E-state index contributed by atoms with van der Waals surface area (Å²) in [5.41, 5.74) is 6.02. The van der Waals surface area contributed by atoms with E-state index in [0.717, 1.165) is 0 Å². The maximum Gasteiger partial charge on any atom is 0.537 e. The molecule has 0 spiro atoms. The summed E-state index contributed by atoms with van der Waals surface area (Å²) in [6.07, 6.45) is 0.389. The Kier molecular flexibility index (Phi) is 4.05. The minimum Gasteiger partial charge on any atom is -0.534 e. The third-order valence-electron chi connectivity index (χ3n) is 3.35. The number of H-pyrrole nitrogens is 1. The summed E-state index contributed by atoms with van der Waals surface area (Å²) in [7, 11) is 0.164. The molecule has 0 unspecified atom stereocenters. The van der Waals surface area contributed by atoms with Crippen molar-refractivity contribution >= 4 is 30.8 Å². The molecule has 0 saturated heterocycles. The summed E-state index contributed by atoms with van der Waals surface area (Å²) in [6, 6.07) is 3.28. The second-order valence-electron chi connectivity index (χ2n) is 4.81. The Morgan fingerprint density at radius 3 is 3.00 bits per heavy atom. The summed E-state index contributed by atoms with van der Waals surface area (Å²) in [6.45, 7) is 0.